The van der Waals surface area contributed by atoms with E-state index in [0.717, 1.165) is 49.4 Å². The molecule has 2 heterocycles. The molecule has 20 heavy (non-hydrogen) atoms. The molecular formula is C16H23NO3. The van der Waals surface area contributed by atoms with Crippen LogP contribution in [0.3, 0.4) is 0 Å². The van der Waals surface area contributed by atoms with E-state index in [9.17, 15) is 5.11 Å². The molecule has 2 aliphatic heterocycles. The van der Waals surface area contributed by atoms with Gasteiger partial charge < -0.3 is 19.9 Å². The second-order valence-electron chi connectivity index (χ2n) is 5.70. The molecule has 0 saturated carbocycles. The molecule has 0 bridgehead atoms. The molecule has 110 valence electrons. The summed E-state index contributed by atoms with van der Waals surface area (Å²) in [6.07, 6.45) is 2.60. The van der Waals surface area contributed by atoms with Crippen molar-refractivity contribution in [3.63, 3.8) is 0 Å². The highest BCUT2D eigenvalue weighted by molar-refractivity contribution is 5.45. The fraction of sp³-hybridized carbons (Fsp3) is 0.625. The summed E-state index contributed by atoms with van der Waals surface area (Å²) in [5.74, 6) is 1.79. The van der Waals surface area contributed by atoms with Crippen LogP contribution in [0.5, 0.6) is 11.5 Å². The first kappa shape index (κ1) is 13.7. The van der Waals surface area contributed by atoms with E-state index in [1.807, 2.05) is 18.2 Å². The van der Waals surface area contributed by atoms with Crippen molar-refractivity contribution in [3.05, 3.63) is 23.8 Å². The van der Waals surface area contributed by atoms with Gasteiger partial charge in [0, 0.05) is 18.9 Å². The smallest absolute Gasteiger partial charge is 0.161 e. The van der Waals surface area contributed by atoms with Crippen LogP contribution in [-0.2, 0) is 5.60 Å². The number of hydrogen-bond donors (Lipinski definition) is 2. The van der Waals surface area contributed by atoms with E-state index in [1.165, 1.54) is 0 Å². The summed E-state index contributed by atoms with van der Waals surface area (Å²) in [7, 11) is 0. The standard InChI is InChI=1S/C16H23NO3/c1-2-12-11-17-7-6-16(12,18)13-4-5-14-15(10-13)20-9-3-8-19-14/h4-5,10,12,17-18H,2-3,6-9,11H2,1H3. The van der Waals surface area contributed by atoms with E-state index in [4.69, 9.17) is 9.47 Å². The van der Waals surface area contributed by atoms with Gasteiger partial charge in [-0.15, -0.1) is 0 Å². The van der Waals surface area contributed by atoms with E-state index < -0.39 is 5.60 Å². The van der Waals surface area contributed by atoms with Crippen molar-refractivity contribution < 1.29 is 14.6 Å². The first-order valence-electron chi connectivity index (χ1n) is 7.57. The Morgan fingerprint density at radius 1 is 1.30 bits per heavy atom. The topological polar surface area (TPSA) is 50.7 Å². The molecule has 1 aromatic carbocycles. The number of fused-ring (bicyclic) bond motifs is 1. The first-order chi connectivity index (χ1) is 9.74. The Morgan fingerprint density at radius 3 is 2.90 bits per heavy atom. The highest BCUT2D eigenvalue weighted by atomic mass is 16.5. The van der Waals surface area contributed by atoms with Gasteiger partial charge in [-0.2, -0.15) is 0 Å². The fourth-order valence-corrected chi connectivity index (χ4v) is 3.22. The molecule has 1 saturated heterocycles. The van der Waals surface area contributed by atoms with Gasteiger partial charge in [0.15, 0.2) is 11.5 Å². The van der Waals surface area contributed by atoms with Crippen LogP contribution < -0.4 is 14.8 Å². The molecule has 4 heteroatoms. The average molecular weight is 277 g/mol. The maximum absolute atomic E-state index is 11.1. The predicted molar refractivity (Wildman–Crippen MR) is 77.2 cm³/mol. The van der Waals surface area contributed by atoms with Crippen molar-refractivity contribution >= 4 is 0 Å². The van der Waals surface area contributed by atoms with Crippen molar-refractivity contribution in [2.45, 2.75) is 31.8 Å². The molecule has 1 fully saturated rings. The molecule has 2 unspecified atom stereocenters. The number of benzene rings is 1. The number of hydrogen-bond acceptors (Lipinski definition) is 4. The van der Waals surface area contributed by atoms with Gasteiger partial charge >= 0.3 is 0 Å². The first-order valence-corrected chi connectivity index (χ1v) is 7.57. The minimum absolute atomic E-state index is 0.237. The van der Waals surface area contributed by atoms with Gasteiger partial charge in [0.25, 0.3) is 0 Å². The summed E-state index contributed by atoms with van der Waals surface area (Å²) in [4.78, 5) is 0. The van der Waals surface area contributed by atoms with Gasteiger partial charge in [-0.1, -0.05) is 13.0 Å². The monoisotopic (exact) mass is 277 g/mol. The van der Waals surface area contributed by atoms with Crippen molar-refractivity contribution in [1.82, 2.24) is 5.32 Å². The Morgan fingerprint density at radius 2 is 2.10 bits per heavy atom. The molecule has 0 aromatic heterocycles. The highest BCUT2D eigenvalue weighted by Gasteiger charge is 2.39. The SMILES string of the molecule is CCC1CNCCC1(O)c1ccc2c(c1)OCCCO2. The van der Waals surface area contributed by atoms with Crippen LogP contribution in [0.1, 0.15) is 31.7 Å². The number of ether oxygens (including phenoxy) is 2. The summed E-state index contributed by atoms with van der Waals surface area (Å²) in [5, 5.41) is 14.5. The molecular weight excluding hydrogens is 254 g/mol. The number of nitrogens with one attached hydrogen (secondary N) is 1. The fourth-order valence-electron chi connectivity index (χ4n) is 3.22. The molecule has 0 radical (unpaired) electrons. The molecule has 4 nitrogen and oxygen atoms in total. The molecule has 2 N–H and O–H groups in total. The van der Waals surface area contributed by atoms with Gasteiger partial charge in [-0.05, 0) is 37.1 Å². The van der Waals surface area contributed by atoms with Crippen molar-refractivity contribution in [1.29, 1.82) is 0 Å². The quantitative estimate of drug-likeness (QED) is 0.869. The molecule has 2 aliphatic rings. The van der Waals surface area contributed by atoms with Crippen molar-refractivity contribution in [2.24, 2.45) is 5.92 Å². The maximum atomic E-state index is 11.1. The highest BCUT2D eigenvalue weighted by Crippen LogP contribution is 2.41. The van der Waals surface area contributed by atoms with Crippen LogP contribution in [0.2, 0.25) is 0 Å². The Balaban J connectivity index is 1.94. The zero-order chi connectivity index (χ0) is 14.0. The summed E-state index contributed by atoms with van der Waals surface area (Å²) >= 11 is 0. The number of piperidine rings is 1. The van der Waals surface area contributed by atoms with E-state index in [1.54, 1.807) is 0 Å². The Kier molecular flexibility index (Phi) is 3.85. The van der Waals surface area contributed by atoms with Gasteiger partial charge in [0.2, 0.25) is 0 Å². The lowest BCUT2D eigenvalue weighted by atomic mass is 9.75. The van der Waals surface area contributed by atoms with Crippen molar-refractivity contribution in [2.75, 3.05) is 26.3 Å². The van der Waals surface area contributed by atoms with Crippen molar-refractivity contribution in [3.8, 4) is 11.5 Å². The Bertz CT molecular complexity index is 477. The summed E-state index contributed by atoms with van der Waals surface area (Å²) in [6, 6.07) is 5.89. The number of rotatable bonds is 2. The van der Waals surface area contributed by atoms with Gasteiger partial charge in [-0.3, -0.25) is 0 Å². The lowest BCUT2D eigenvalue weighted by Crippen LogP contribution is -2.47. The van der Waals surface area contributed by atoms with Crippen LogP contribution in [-0.4, -0.2) is 31.4 Å². The van der Waals surface area contributed by atoms with Crippen LogP contribution in [0.25, 0.3) is 0 Å². The molecule has 1 aromatic rings. The largest absolute Gasteiger partial charge is 0.490 e. The molecule has 0 spiro atoms. The van der Waals surface area contributed by atoms with E-state index in [0.29, 0.717) is 13.2 Å². The van der Waals surface area contributed by atoms with E-state index in [-0.39, 0.29) is 5.92 Å². The zero-order valence-corrected chi connectivity index (χ0v) is 12.0. The normalized spacial score (nSPS) is 29.8. The van der Waals surface area contributed by atoms with Gasteiger partial charge in [0.1, 0.15) is 0 Å². The third kappa shape index (κ3) is 2.38. The maximum Gasteiger partial charge on any atom is 0.161 e. The number of aliphatic hydroxyl groups is 1. The van der Waals surface area contributed by atoms with Gasteiger partial charge in [-0.25, -0.2) is 0 Å². The summed E-state index contributed by atoms with van der Waals surface area (Å²) in [6.45, 7) is 5.21. The molecule has 3 rings (SSSR count). The van der Waals surface area contributed by atoms with E-state index in [2.05, 4.69) is 12.2 Å². The van der Waals surface area contributed by atoms with Crippen LogP contribution >= 0.6 is 0 Å². The molecule has 2 atom stereocenters. The second kappa shape index (κ2) is 5.62. The lowest BCUT2D eigenvalue weighted by molar-refractivity contribution is -0.0480. The third-order valence-electron chi connectivity index (χ3n) is 4.49. The minimum Gasteiger partial charge on any atom is -0.490 e. The summed E-state index contributed by atoms with van der Waals surface area (Å²) in [5.41, 5.74) is 0.195. The lowest BCUT2D eigenvalue weighted by Gasteiger charge is -2.40. The van der Waals surface area contributed by atoms with Crippen LogP contribution in [0, 0.1) is 5.92 Å². The zero-order valence-electron chi connectivity index (χ0n) is 12.0. The Labute approximate surface area is 120 Å². The third-order valence-corrected chi connectivity index (χ3v) is 4.49. The summed E-state index contributed by atoms with van der Waals surface area (Å²) < 4.78 is 11.4. The molecule has 0 aliphatic carbocycles. The second-order valence-corrected chi connectivity index (χ2v) is 5.70. The van der Waals surface area contributed by atoms with E-state index >= 15 is 0 Å². The minimum atomic E-state index is -0.759. The predicted octanol–water partition coefficient (Wildman–Crippen LogP) is 2.05. The molecule has 0 amide bonds. The van der Waals surface area contributed by atoms with Crippen LogP contribution in [0.15, 0.2) is 18.2 Å². The average Bonchev–Trinajstić information content (AvgIpc) is 2.72. The Hall–Kier alpha value is -1.26. The van der Waals surface area contributed by atoms with Gasteiger partial charge in [0.05, 0.1) is 18.8 Å². The van der Waals surface area contributed by atoms with Crippen LogP contribution in [0.4, 0.5) is 0 Å².